The number of hydrogen-bond donors (Lipinski definition) is 0. The van der Waals surface area contributed by atoms with Crippen molar-refractivity contribution < 1.29 is 4.74 Å². The van der Waals surface area contributed by atoms with E-state index in [2.05, 4.69) is 16.4 Å². The maximum absolute atomic E-state index is 9.21. The first-order chi connectivity index (χ1) is 11.4. The van der Waals surface area contributed by atoms with Gasteiger partial charge in [-0.1, -0.05) is 53.7 Å². The summed E-state index contributed by atoms with van der Waals surface area (Å²) >= 11 is 0. The molecule has 0 fully saturated rings. The molecule has 0 aliphatic rings. The molecule has 0 saturated carbocycles. The molecule has 0 aliphatic carbocycles. The number of aromatic nitrogens is 3. The number of nitriles is 1. The molecule has 1 aromatic heterocycles. The Balaban J connectivity index is 1.70. The standard InChI is InChI=1S/C18H16N4O/c19-13-17-18(11-12-23-16-9-5-2-6-10-16)22(21-20-17)14-15-7-3-1-4-8-15/h1-10H,11-12,14H2. The van der Waals surface area contributed by atoms with Crippen LogP contribution in [0.3, 0.4) is 0 Å². The molecule has 5 heteroatoms. The van der Waals surface area contributed by atoms with E-state index in [1.165, 1.54) is 0 Å². The van der Waals surface area contributed by atoms with Crippen LogP contribution in [-0.4, -0.2) is 21.6 Å². The van der Waals surface area contributed by atoms with Gasteiger partial charge in [-0.25, -0.2) is 4.68 Å². The fourth-order valence-electron chi connectivity index (χ4n) is 2.33. The Morgan fingerprint density at radius 3 is 2.39 bits per heavy atom. The third kappa shape index (κ3) is 3.74. The fourth-order valence-corrected chi connectivity index (χ4v) is 2.33. The van der Waals surface area contributed by atoms with Gasteiger partial charge < -0.3 is 4.74 Å². The highest BCUT2D eigenvalue weighted by atomic mass is 16.5. The highest BCUT2D eigenvalue weighted by molar-refractivity contribution is 5.26. The molecular weight excluding hydrogens is 288 g/mol. The molecule has 114 valence electrons. The van der Waals surface area contributed by atoms with E-state index in [4.69, 9.17) is 4.74 Å². The molecule has 0 radical (unpaired) electrons. The van der Waals surface area contributed by atoms with Crippen LogP contribution in [0.15, 0.2) is 60.7 Å². The molecule has 0 saturated heterocycles. The Morgan fingerprint density at radius 1 is 1.00 bits per heavy atom. The van der Waals surface area contributed by atoms with Crippen LogP contribution in [0.1, 0.15) is 17.0 Å². The summed E-state index contributed by atoms with van der Waals surface area (Å²) in [5, 5.41) is 17.3. The second kappa shape index (κ2) is 7.23. The van der Waals surface area contributed by atoms with Crippen LogP contribution in [0.5, 0.6) is 5.75 Å². The monoisotopic (exact) mass is 304 g/mol. The topological polar surface area (TPSA) is 63.7 Å². The second-order valence-electron chi connectivity index (χ2n) is 5.05. The van der Waals surface area contributed by atoms with Crippen molar-refractivity contribution in [2.45, 2.75) is 13.0 Å². The van der Waals surface area contributed by atoms with Gasteiger partial charge in [-0.3, -0.25) is 0 Å². The average molecular weight is 304 g/mol. The lowest BCUT2D eigenvalue weighted by molar-refractivity contribution is 0.317. The summed E-state index contributed by atoms with van der Waals surface area (Å²) in [5.74, 6) is 0.813. The lowest BCUT2D eigenvalue weighted by atomic mass is 10.2. The summed E-state index contributed by atoms with van der Waals surface area (Å²) in [7, 11) is 0. The van der Waals surface area contributed by atoms with Gasteiger partial charge in [0.05, 0.1) is 18.8 Å². The van der Waals surface area contributed by atoms with E-state index in [0.717, 1.165) is 17.0 Å². The first kappa shape index (κ1) is 14.8. The van der Waals surface area contributed by atoms with E-state index in [0.29, 0.717) is 25.3 Å². The zero-order valence-electron chi connectivity index (χ0n) is 12.6. The summed E-state index contributed by atoms with van der Waals surface area (Å²) in [6, 6.07) is 21.7. The number of para-hydroxylation sites is 1. The molecule has 0 aliphatic heterocycles. The van der Waals surface area contributed by atoms with E-state index in [-0.39, 0.29) is 0 Å². The molecule has 23 heavy (non-hydrogen) atoms. The third-order valence-corrected chi connectivity index (χ3v) is 3.47. The van der Waals surface area contributed by atoms with E-state index in [1.807, 2.05) is 60.7 Å². The second-order valence-corrected chi connectivity index (χ2v) is 5.05. The van der Waals surface area contributed by atoms with Crippen LogP contribution < -0.4 is 4.74 Å². The molecule has 3 aromatic rings. The van der Waals surface area contributed by atoms with Gasteiger partial charge in [0.15, 0.2) is 5.69 Å². The summed E-state index contributed by atoms with van der Waals surface area (Å²) < 4.78 is 7.47. The molecule has 0 N–H and O–H groups in total. The maximum atomic E-state index is 9.21. The van der Waals surface area contributed by atoms with Crippen molar-refractivity contribution in [2.75, 3.05) is 6.61 Å². The molecule has 3 rings (SSSR count). The number of nitrogens with zero attached hydrogens (tertiary/aromatic N) is 4. The molecule has 0 spiro atoms. The van der Waals surface area contributed by atoms with Crippen LogP contribution in [0.2, 0.25) is 0 Å². The maximum Gasteiger partial charge on any atom is 0.186 e. The molecular formula is C18H16N4O. The van der Waals surface area contributed by atoms with E-state index in [9.17, 15) is 5.26 Å². The number of benzene rings is 2. The van der Waals surface area contributed by atoms with Gasteiger partial charge in [0.1, 0.15) is 11.8 Å². The number of hydrogen-bond acceptors (Lipinski definition) is 4. The number of rotatable bonds is 6. The van der Waals surface area contributed by atoms with Gasteiger partial charge in [-0.05, 0) is 17.7 Å². The zero-order valence-corrected chi connectivity index (χ0v) is 12.6. The van der Waals surface area contributed by atoms with E-state index >= 15 is 0 Å². The van der Waals surface area contributed by atoms with Crippen LogP contribution >= 0.6 is 0 Å². The minimum absolute atomic E-state index is 0.359. The molecule has 5 nitrogen and oxygen atoms in total. The van der Waals surface area contributed by atoms with E-state index in [1.54, 1.807) is 4.68 Å². The summed E-state index contributed by atoms with van der Waals surface area (Å²) in [5.41, 5.74) is 2.27. The Hall–Kier alpha value is -3.13. The van der Waals surface area contributed by atoms with Gasteiger partial charge in [0, 0.05) is 6.42 Å². The van der Waals surface area contributed by atoms with Crippen molar-refractivity contribution in [1.29, 1.82) is 5.26 Å². The van der Waals surface area contributed by atoms with Crippen LogP contribution in [0, 0.1) is 11.3 Å². The molecule has 0 atom stereocenters. The Labute approximate surface area is 134 Å². The predicted octanol–water partition coefficient (Wildman–Crippen LogP) is 2.82. The largest absolute Gasteiger partial charge is 0.493 e. The minimum atomic E-state index is 0.359. The van der Waals surface area contributed by atoms with Crippen molar-refractivity contribution in [3.8, 4) is 11.8 Å². The van der Waals surface area contributed by atoms with Crippen molar-refractivity contribution in [3.63, 3.8) is 0 Å². The minimum Gasteiger partial charge on any atom is -0.493 e. The molecule has 0 bridgehead atoms. The molecule has 0 unspecified atom stereocenters. The Morgan fingerprint density at radius 2 is 1.70 bits per heavy atom. The number of ether oxygens (including phenoxy) is 1. The van der Waals surface area contributed by atoms with Gasteiger partial charge in [0.2, 0.25) is 0 Å². The first-order valence-electron chi connectivity index (χ1n) is 7.41. The quantitative estimate of drug-likeness (QED) is 0.702. The van der Waals surface area contributed by atoms with E-state index < -0.39 is 0 Å². The Bertz CT molecular complexity index is 791. The smallest absolute Gasteiger partial charge is 0.186 e. The molecule has 2 aromatic carbocycles. The zero-order chi connectivity index (χ0) is 15.9. The van der Waals surface area contributed by atoms with Crippen molar-refractivity contribution in [1.82, 2.24) is 15.0 Å². The fraction of sp³-hybridized carbons (Fsp3) is 0.167. The van der Waals surface area contributed by atoms with Gasteiger partial charge >= 0.3 is 0 Å². The first-order valence-corrected chi connectivity index (χ1v) is 7.41. The van der Waals surface area contributed by atoms with Crippen LogP contribution in [0.25, 0.3) is 0 Å². The molecule has 1 heterocycles. The van der Waals surface area contributed by atoms with Crippen molar-refractivity contribution in [2.24, 2.45) is 0 Å². The normalized spacial score (nSPS) is 10.2. The van der Waals surface area contributed by atoms with Crippen molar-refractivity contribution in [3.05, 3.63) is 77.6 Å². The van der Waals surface area contributed by atoms with Crippen LogP contribution in [-0.2, 0) is 13.0 Å². The lowest BCUT2D eigenvalue weighted by Gasteiger charge is -2.08. The Kier molecular flexibility index (Phi) is 4.65. The summed E-state index contributed by atoms with van der Waals surface area (Å²) in [4.78, 5) is 0. The van der Waals surface area contributed by atoms with Gasteiger partial charge in [-0.2, -0.15) is 5.26 Å². The lowest BCUT2D eigenvalue weighted by Crippen LogP contribution is -2.11. The SMILES string of the molecule is N#Cc1nnn(Cc2ccccc2)c1CCOc1ccccc1. The summed E-state index contributed by atoms with van der Waals surface area (Å²) in [6.45, 7) is 1.07. The van der Waals surface area contributed by atoms with Crippen molar-refractivity contribution >= 4 is 0 Å². The highest BCUT2D eigenvalue weighted by Gasteiger charge is 2.13. The average Bonchev–Trinajstić information content (AvgIpc) is 2.99. The third-order valence-electron chi connectivity index (χ3n) is 3.47. The van der Waals surface area contributed by atoms with Gasteiger partial charge in [-0.15, -0.1) is 5.10 Å². The van der Waals surface area contributed by atoms with Crippen LogP contribution in [0.4, 0.5) is 0 Å². The highest BCUT2D eigenvalue weighted by Crippen LogP contribution is 2.12. The summed E-state index contributed by atoms with van der Waals surface area (Å²) in [6.07, 6.45) is 0.581. The molecule has 0 amide bonds. The van der Waals surface area contributed by atoms with Gasteiger partial charge in [0.25, 0.3) is 0 Å². The predicted molar refractivity (Wildman–Crippen MR) is 85.9 cm³/mol.